The Balaban J connectivity index is 3.62. The van der Waals surface area contributed by atoms with E-state index in [0.29, 0.717) is 0 Å². The number of pyridine rings is 1. The summed E-state index contributed by atoms with van der Waals surface area (Å²) in [5, 5.41) is 10.7. The van der Waals surface area contributed by atoms with Gasteiger partial charge in [0.1, 0.15) is 5.69 Å². The first kappa shape index (κ1) is 16.5. The van der Waals surface area contributed by atoms with Crippen molar-refractivity contribution in [1.82, 2.24) is 4.98 Å². The molecule has 1 aromatic rings. The van der Waals surface area contributed by atoms with Crippen LogP contribution in [0.4, 0.5) is 27.6 Å². The van der Waals surface area contributed by atoms with Crippen molar-refractivity contribution in [3.63, 3.8) is 0 Å². The molecular weight excluding hydrogens is 311 g/mol. The van der Waals surface area contributed by atoms with E-state index in [0.717, 1.165) is 7.11 Å². The Morgan fingerprint density at radius 3 is 2.38 bits per heavy atom. The predicted molar refractivity (Wildman–Crippen MR) is 53.9 cm³/mol. The van der Waals surface area contributed by atoms with Gasteiger partial charge in [-0.3, -0.25) is 10.1 Å². The number of esters is 1. The molecule has 12 heteroatoms. The Kier molecular flexibility index (Phi) is 4.60. The second kappa shape index (κ2) is 5.85. The van der Waals surface area contributed by atoms with Crippen molar-refractivity contribution in [2.24, 2.45) is 0 Å². The third kappa shape index (κ3) is 3.97. The van der Waals surface area contributed by atoms with Gasteiger partial charge in [-0.05, 0) is 0 Å². The van der Waals surface area contributed by atoms with Crippen LogP contribution in [0.3, 0.4) is 0 Å². The summed E-state index contributed by atoms with van der Waals surface area (Å²) in [4.78, 5) is 23.4. The van der Waals surface area contributed by atoms with Crippen molar-refractivity contribution in [2.45, 2.75) is 12.8 Å². The number of alkyl halides is 5. The number of halogens is 5. The minimum Gasteiger partial charge on any atom is -0.464 e. The van der Waals surface area contributed by atoms with E-state index in [1.165, 1.54) is 0 Å². The number of rotatable bonds is 4. The fourth-order valence-corrected chi connectivity index (χ4v) is 1.24. The molecule has 7 nitrogen and oxygen atoms in total. The maximum atomic E-state index is 12.5. The van der Waals surface area contributed by atoms with Gasteiger partial charge >= 0.3 is 18.0 Å². The third-order valence-corrected chi connectivity index (χ3v) is 1.99. The lowest BCUT2D eigenvalue weighted by Gasteiger charge is -2.12. The first-order valence-corrected chi connectivity index (χ1v) is 4.88. The predicted octanol–water partition coefficient (Wildman–Crippen LogP) is 2.61. The molecule has 0 radical (unpaired) electrons. The van der Waals surface area contributed by atoms with Gasteiger partial charge in [0.25, 0.3) is 6.43 Å². The normalized spacial score (nSPS) is 11.4. The highest BCUT2D eigenvalue weighted by molar-refractivity contribution is 5.92. The highest BCUT2D eigenvalue weighted by Gasteiger charge is 2.39. The standard InChI is InChI=1S/C9H5F5N2O5/c1-20-8(17)5-6(21-9(12,13)14)4(16(18)19)2-3(15-5)7(10)11/h2,7H,1H3. The molecule has 116 valence electrons. The summed E-state index contributed by atoms with van der Waals surface area (Å²) < 4.78 is 69.1. The zero-order valence-electron chi connectivity index (χ0n) is 9.98. The van der Waals surface area contributed by atoms with Crippen molar-refractivity contribution in [3.8, 4) is 5.75 Å². The van der Waals surface area contributed by atoms with Crippen LogP contribution in [0.15, 0.2) is 6.07 Å². The van der Waals surface area contributed by atoms with Gasteiger partial charge in [0.15, 0.2) is 5.69 Å². The second-order valence-corrected chi connectivity index (χ2v) is 3.34. The summed E-state index contributed by atoms with van der Waals surface area (Å²) in [5.74, 6) is -3.22. The monoisotopic (exact) mass is 316 g/mol. The Labute approximate surface area is 112 Å². The number of nitrogens with zero attached hydrogens (tertiary/aromatic N) is 2. The van der Waals surface area contributed by atoms with Gasteiger partial charge in [0.2, 0.25) is 5.75 Å². The lowest BCUT2D eigenvalue weighted by molar-refractivity contribution is -0.388. The van der Waals surface area contributed by atoms with Crippen LogP contribution in [0.25, 0.3) is 0 Å². The average molecular weight is 316 g/mol. The molecule has 1 rings (SSSR count). The van der Waals surface area contributed by atoms with E-state index in [2.05, 4.69) is 14.5 Å². The van der Waals surface area contributed by atoms with Gasteiger partial charge in [-0.1, -0.05) is 0 Å². The SMILES string of the molecule is COC(=O)c1nc(C(F)F)cc([N+](=O)[O-])c1OC(F)(F)F. The Hall–Kier alpha value is -2.53. The molecule has 0 N–H and O–H groups in total. The van der Waals surface area contributed by atoms with Gasteiger partial charge in [-0.15, -0.1) is 13.2 Å². The highest BCUT2D eigenvalue weighted by Crippen LogP contribution is 2.37. The fourth-order valence-electron chi connectivity index (χ4n) is 1.24. The van der Waals surface area contributed by atoms with E-state index < -0.39 is 46.5 Å². The molecule has 0 aliphatic rings. The largest absolute Gasteiger partial charge is 0.573 e. The summed E-state index contributed by atoms with van der Waals surface area (Å²) in [6.45, 7) is 0. The lowest BCUT2D eigenvalue weighted by Crippen LogP contribution is -2.21. The molecule has 1 aromatic heterocycles. The Bertz CT molecular complexity index is 574. The summed E-state index contributed by atoms with van der Waals surface area (Å²) in [6, 6.07) is 0.0815. The maximum Gasteiger partial charge on any atom is 0.573 e. The summed E-state index contributed by atoms with van der Waals surface area (Å²) in [6.07, 6.45) is -8.76. The van der Waals surface area contributed by atoms with Crippen LogP contribution in [0.5, 0.6) is 5.75 Å². The number of methoxy groups -OCH3 is 1. The average Bonchev–Trinajstić information content (AvgIpc) is 2.35. The highest BCUT2D eigenvalue weighted by atomic mass is 19.4. The van der Waals surface area contributed by atoms with E-state index in [9.17, 15) is 36.9 Å². The van der Waals surface area contributed by atoms with Crippen LogP contribution in [0, 0.1) is 10.1 Å². The number of nitro groups is 1. The molecule has 0 aliphatic carbocycles. The zero-order valence-corrected chi connectivity index (χ0v) is 9.98. The Morgan fingerprint density at radius 1 is 1.43 bits per heavy atom. The van der Waals surface area contributed by atoms with E-state index >= 15 is 0 Å². The molecular formula is C9H5F5N2O5. The van der Waals surface area contributed by atoms with Gasteiger partial charge in [-0.25, -0.2) is 18.6 Å². The van der Waals surface area contributed by atoms with Crippen molar-refractivity contribution < 1.29 is 41.1 Å². The number of ether oxygens (including phenoxy) is 2. The van der Waals surface area contributed by atoms with Crippen LogP contribution >= 0.6 is 0 Å². The van der Waals surface area contributed by atoms with Crippen LogP contribution in [-0.4, -0.2) is 29.3 Å². The number of carbonyl (C=O) groups excluding carboxylic acids is 1. The minimum atomic E-state index is -5.40. The first-order valence-electron chi connectivity index (χ1n) is 4.88. The molecule has 21 heavy (non-hydrogen) atoms. The molecule has 0 aliphatic heterocycles. The van der Waals surface area contributed by atoms with Gasteiger partial charge in [-0.2, -0.15) is 0 Å². The smallest absolute Gasteiger partial charge is 0.464 e. The molecule has 0 saturated heterocycles. The fraction of sp³-hybridized carbons (Fsp3) is 0.333. The van der Waals surface area contributed by atoms with E-state index in [1.807, 2.05) is 0 Å². The molecule has 0 bridgehead atoms. The Morgan fingerprint density at radius 2 is 2.00 bits per heavy atom. The second-order valence-electron chi connectivity index (χ2n) is 3.34. The van der Waals surface area contributed by atoms with E-state index in [4.69, 9.17) is 0 Å². The summed E-state index contributed by atoms with van der Waals surface area (Å²) in [5.41, 5.74) is -4.13. The minimum absolute atomic E-state index is 0.0815. The molecule has 0 amide bonds. The molecule has 0 spiro atoms. The number of aromatic nitrogens is 1. The summed E-state index contributed by atoms with van der Waals surface area (Å²) >= 11 is 0. The van der Waals surface area contributed by atoms with Crippen LogP contribution < -0.4 is 4.74 Å². The molecule has 0 aromatic carbocycles. The van der Waals surface area contributed by atoms with Crippen LogP contribution in [0.2, 0.25) is 0 Å². The quantitative estimate of drug-likeness (QED) is 0.367. The number of hydrogen-bond acceptors (Lipinski definition) is 6. The maximum absolute atomic E-state index is 12.5. The lowest BCUT2D eigenvalue weighted by atomic mass is 10.2. The number of hydrogen-bond donors (Lipinski definition) is 0. The van der Waals surface area contributed by atoms with Gasteiger partial charge < -0.3 is 9.47 Å². The van der Waals surface area contributed by atoms with Crippen molar-refractivity contribution >= 4 is 11.7 Å². The molecule has 1 heterocycles. The molecule has 0 fully saturated rings. The topological polar surface area (TPSA) is 91.6 Å². The van der Waals surface area contributed by atoms with Crippen LogP contribution in [-0.2, 0) is 4.74 Å². The van der Waals surface area contributed by atoms with E-state index in [-0.39, 0.29) is 6.07 Å². The van der Waals surface area contributed by atoms with Crippen molar-refractivity contribution in [2.75, 3.05) is 7.11 Å². The molecule has 0 saturated carbocycles. The van der Waals surface area contributed by atoms with Crippen molar-refractivity contribution in [1.29, 1.82) is 0 Å². The first-order chi connectivity index (χ1) is 9.56. The molecule has 0 atom stereocenters. The molecule has 0 unspecified atom stereocenters. The van der Waals surface area contributed by atoms with Crippen molar-refractivity contribution in [3.05, 3.63) is 27.6 Å². The van der Waals surface area contributed by atoms with Crippen LogP contribution in [0.1, 0.15) is 22.6 Å². The van der Waals surface area contributed by atoms with Gasteiger partial charge in [0.05, 0.1) is 12.0 Å². The number of carbonyl (C=O) groups is 1. The third-order valence-electron chi connectivity index (χ3n) is 1.99. The zero-order chi connectivity index (χ0) is 16.4. The summed E-state index contributed by atoms with van der Waals surface area (Å²) in [7, 11) is 0.724. The van der Waals surface area contributed by atoms with Gasteiger partial charge in [0, 0.05) is 6.07 Å². The van der Waals surface area contributed by atoms with E-state index in [1.54, 1.807) is 0 Å².